The minimum Gasteiger partial charge on any atom is -0.349 e. The fourth-order valence-corrected chi connectivity index (χ4v) is 3.46. The fourth-order valence-electron chi connectivity index (χ4n) is 3.46. The molecule has 0 heterocycles. The molecule has 2 N–H and O–H groups in total. The van der Waals surface area contributed by atoms with Crippen molar-refractivity contribution in [1.29, 1.82) is 0 Å². The van der Waals surface area contributed by atoms with E-state index in [9.17, 15) is 0 Å². The molecule has 3 heteroatoms. The molecule has 0 bridgehead atoms. The van der Waals surface area contributed by atoms with Crippen LogP contribution in [0.3, 0.4) is 0 Å². The van der Waals surface area contributed by atoms with Crippen LogP contribution < -0.4 is 5.73 Å². The topological polar surface area (TPSA) is 44.5 Å². The van der Waals surface area contributed by atoms with Gasteiger partial charge in [-0.05, 0) is 19.4 Å². The van der Waals surface area contributed by atoms with Crippen molar-refractivity contribution in [2.24, 2.45) is 11.7 Å². The summed E-state index contributed by atoms with van der Waals surface area (Å²) >= 11 is 0. The summed E-state index contributed by atoms with van der Waals surface area (Å²) in [7, 11) is 3.47. The van der Waals surface area contributed by atoms with Crippen molar-refractivity contribution in [3.8, 4) is 0 Å². The second-order valence-electron chi connectivity index (χ2n) is 6.27. The van der Waals surface area contributed by atoms with Gasteiger partial charge in [0, 0.05) is 25.7 Å². The average Bonchev–Trinajstić information content (AvgIpc) is 2.60. The summed E-state index contributed by atoms with van der Waals surface area (Å²) in [5, 5.41) is 0. The zero-order valence-corrected chi connectivity index (χ0v) is 15.2. The van der Waals surface area contributed by atoms with Crippen LogP contribution in [-0.4, -0.2) is 20.8 Å². The Morgan fingerprint density at radius 1 is 0.913 bits per heavy atom. The molecule has 0 aliphatic heterocycles. The lowest BCUT2D eigenvalue weighted by molar-refractivity contribution is -0.252. The van der Waals surface area contributed by atoms with Crippen molar-refractivity contribution in [1.82, 2.24) is 0 Å². The van der Waals surface area contributed by atoms with Crippen LogP contribution in [0.25, 0.3) is 0 Å². The van der Waals surface area contributed by atoms with E-state index in [1.54, 1.807) is 14.2 Å². The van der Waals surface area contributed by atoms with Gasteiger partial charge in [-0.3, -0.25) is 0 Å². The SMILES string of the molecule is CCCCCCCCC(CCN)C(OC)(OC)c1ccccc1. The van der Waals surface area contributed by atoms with Gasteiger partial charge in [-0.2, -0.15) is 0 Å². The van der Waals surface area contributed by atoms with Gasteiger partial charge in [0.25, 0.3) is 0 Å². The van der Waals surface area contributed by atoms with Crippen LogP contribution in [-0.2, 0) is 15.3 Å². The van der Waals surface area contributed by atoms with Gasteiger partial charge in [0.1, 0.15) is 0 Å². The molecule has 0 fully saturated rings. The molecule has 1 atom stereocenters. The Morgan fingerprint density at radius 3 is 2.09 bits per heavy atom. The van der Waals surface area contributed by atoms with E-state index < -0.39 is 5.79 Å². The lowest BCUT2D eigenvalue weighted by Gasteiger charge is -2.39. The number of hydrogen-bond donors (Lipinski definition) is 1. The molecule has 0 spiro atoms. The van der Waals surface area contributed by atoms with E-state index in [4.69, 9.17) is 15.2 Å². The average molecular weight is 322 g/mol. The molecule has 1 aromatic carbocycles. The monoisotopic (exact) mass is 321 g/mol. The number of nitrogens with two attached hydrogens (primary N) is 1. The van der Waals surface area contributed by atoms with E-state index in [1.165, 1.54) is 38.5 Å². The van der Waals surface area contributed by atoms with Crippen molar-refractivity contribution in [2.45, 2.75) is 64.1 Å². The largest absolute Gasteiger partial charge is 0.349 e. The van der Waals surface area contributed by atoms with E-state index in [2.05, 4.69) is 19.1 Å². The molecule has 1 rings (SSSR count). The summed E-state index contributed by atoms with van der Waals surface area (Å²) in [4.78, 5) is 0. The fraction of sp³-hybridized carbons (Fsp3) is 0.700. The molecule has 0 saturated heterocycles. The van der Waals surface area contributed by atoms with Crippen molar-refractivity contribution < 1.29 is 9.47 Å². The smallest absolute Gasteiger partial charge is 0.197 e. The second-order valence-corrected chi connectivity index (χ2v) is 6.27. The Bertz CT molecular complexity index is 390. The zero-order chi connectivity index (χ0) is 17.0. The maximum absolute atomic E-state index is 5.91. The highest BCUT2D eigenvalue weighted by Gasteiger charge is 2.40. The van der Waals surface area contributed by atoms with Crippen LogP contribution in [0.2, 0.25) is 0 Å². The molecule has 0 aromatic heterocycles. The van der Waals surface area contributed by atoms with Gasteiger partial charge in [0.05, 0.1) is 0 Å². The number of hydrogen-bond acceptors (Lipinski definition) is 3. The van der Waals surface area contributed by atoms with Crippen molar-refractivity contribution in [3.63, 3.8) is 0 Å². The number of benzene rings is 1. The number of ether oxygens (including phenoxy) is 2. The maximum atomic E-state index is 5.91. The Labute approximate surface area is 142 Å². The van der Waals surface area contributed by atoms with Gasteiger partial charge in [0.2, 0.25) is 0 Å². The summed E-state index contributed by atoms with van der Waals surface area (Å²) in [6.07, 6.45) is 9.77. The van der Waals surface area contributed by atoms with Crippen LogP contribution >= 0.6 is 0 Å². The molecule has 23 heavy (non-hydrogen) atoms. The predicted octanol–water partition coefficient (Wildman–Crippen LogP) is 4.85. The third-order valence-corrected chi connectivity index (χ3v) is 4.74. The first-order valence-electron chi connectivity index (χ1n) is 9.11. The first kappa shape index (κ1) is 20.1. The zero-order valence-electron chi connectivity index (χ0n) is 15.2. The molecule has 0 amide bonds. The summed E-state index contributed by atoms with van der Waals surface area (Å²) in [6.45, 7) is 2.91. The Morgan fingerprint density at radius 2 is 1.52 bits per heavy atom. The quantitative estimate of drug-likeness (QED) is 0.417. The van der Waals surface area contributed by atoms with Crippen LogP contribution in [0, 0.1) is 5.92 Å². The van der Waals surface area contributed by atoms with Crippen molar-refractivity contribution in [3.05, 3.63) is 35.9 Å². The van der Waals surface area contributed by atoms with E-state index in [-0.39, 0.29) is 5.92 Å². The van der Waals surface area contributed by atoms with E-state index in [0.717, 1.165) is 18.4 Å². The van der Waals surface area contributed by atoms with Crippen molar-refractivity contribution in [2.75, 3.05) is 20.8 Å². The molecule has 0 aliphatic rings. The normalized spacial score (nSPS) is 13.2. The molecular formula is C20H35NO2. The van der Waals surface area contributed by atoms with Gasteiger partial charge in [-0.15, -0.1) is 0 Å². The third-order valence-electron chi connectivity index (χ3n) is 4.74. The van der Waals surface area contributed by atoms with Gasteiger partial charge < -0.3 is 15.2 Å². The van der Waals surface area contributed by atoms with E-state index in [1.807, 2.05) is 18.2 Å². The highest BCUT2D eigenvalue weighted by Crippen LogP contribution is 2.39. The minimum atomic E-state index is -0.690. The summed E-state index contributed by atoms with van der Waals surface area (Å²) in [5.74, 6) is -0.416. The number of unbranched alkanes of at least 4 members (excludes halogenated alkanes) is 5. The van der Waals surface area contributed by atoms with Crippen molar-refractivity contribution >= 4 is 0 Å². The molecular weight excluding hydrogens is 286 g/mol. The molecule has 3 nitrogen and oxygen atoms in total. The standard InChI is InChI=1S/C20H35NO2/c1-4-5-6-7-8-10-15-19(16-17-21)20(22-2,23-3)18-13-11-9-12-14-18/h9,11-14,19H,4-8,10,15-17,21H2,1-3H3. The predicted molar refractivity (Wildman–Crippen MR) is 97.3 cm³/mol. The lowest BCUT2D eigenvalue weighted by Crippen LogP contribution is -2.40. The minimum absolute atomic E-state index is 0.274. The molecule has 132 valence electrons. The molecule has 0 aliphatic carbocycles. The highest BCUT2D eigenvalue weighted by atomic mass is 16.7. The Hall–Kier alpha value is -0.900. The molecule has 0 saturated carbocycles. The van der Waals surface area contributed by atoms with E-state index in [0.29, 0.717) is 6.54 Å². The van der Waals surface area contributed by atoms with Gasteiger partial charge in [-0.1, -0.05) is 75.8 Å². The molecule has 0 radical (unpaired) electrons. The van der Waals surface area contributed by atoms with E-state index >= 15 is 0 Å². The van der Waals surface area contributed by atoms with Gasteiger partial charge in [0.15, 0.2) is 5.79 Å². The summed E-state index contributed by atoms with van der Waals surface area (Å²) < 4.78 is 11.8. The first-order valence-corrected chi connectivity index (χ1v) is 9.11. The molecule has 1 unspecified atom stereocenters. The number of methoxy groups -OCH3 is 2. The number of rotatable bonds is 13. The maximum Gasteiger partial charge on any atom is 0.197 e. The van der Waals surface area contributed by atoms with Crippen LogP contribution in [0.1, 0.15) is 63.9 Å². The summed E-state index contributed by atoms with van der Waals surface area (Å²) in [5.41, 5.74) is 6.95. The van der Waals surface area contributed by atoms with Crippen LogP contribution in [0.15, 0.2) is 30.3 Å². The lowest BCUT2D eigenvalue weighted by atomic mass is 9.84. The summed E-state index contributed by atoms with van der Waals surface area (Å²) in [6, 6.07) is 10.2. The van der Waals surface area contributed by atoms with Gasteiger partial charge in [-0.25, -0.2) is 0 Å². The Balaban J connectivity index is 2.74. The highest BCUT2D eigenvalue weighted by molar-refractivity contribution is 5.21. The third kappa shape index (κ3) is 5.91. The van der Waals surface area contributed by atoms with Crippen LogP contribution in [0.4, 0.5) is 0 Å². The Kier molecular flexibility index (Phi) is 10.2. The molecule has 1 aromatic rings. The van der Waals surface area contributed by atoms with Crippen LogP contribution in [0.5, 0.6) is 0 Å². The second kappa shape index (κ2) is 11.6. The first-order chi connectivity index (χ1) is 11.2. The van der Waals surface area contributed by atoms with Gasteiger partial charge >= 0.3 is 0 Å².